The van der Waals surface area contributed by atoms with Gasteiger partial charge in [0.15, 0.2) is 0 Å². The molecule has 0 aromatic heterocycles. The van der Waals surface area contributed by atoms with E-state index >= 15 is 0 Å². The number of hydrogen-bond acceptors (Lipinski definition) is 5. The fourth-order valence-corrected chi connectivity index (χ4v) is 2.00. The normalized spacial score (nSPS) is 10.6. The third-order valence-electron chi connectivity index (χ3n) is 3.26. The molecule has 0 fully saturated rings. The number of hydrogen-bond donors (Lipinski definition) is 3. The highest BCUT2D eigenvalue weighted by atomic mass is 16.2. The fourth-order valence-electron chi connectivity index (χ4n) is 2.00. The van der Waals surface area contributed by atoms with Crippen molar-refractivity contribution in [2.45, 2.75) is 13.3 Å². The lowest BCUT2D eigenvalue weighted by Crippen LogP contribution is -2.21. The zero-order valence-corrected chi connectivity index (χ0v) is 13.6. The number of nitrogens with zero attached hydrogens (tertiary/aromatic N) is 2. The number of hydrazone groups is 1. The molecule has 0 saturated heterocycles. The lowest BCUT2D eigenvalue weighted by molar-refractivity contribution is -0.115. The molecule has 2 aromatic carbocycles. The Morgan fingerprint density at radius 3 is 2.52 bits per heavy atom. The van der Waals surface area contributed by atoms with Gasteiger partial charge < -0.3 is 11.1 Å². The van der Waals surface area contributed by atoms with Gasteiger partial charge in [0.25, 0.3) is 5.91 Å². The highest BCUT2D eigenvalue weighted by molar-refractivity contribution is 6.06. The molecule has 2 rings (SSSR count). The van der Waals surface area contributed by atoms with Crippen LogP contribution in [0.1, 0.15) is 29.3 Å². The highest BCUT2D eigenvalue weighted by Gasteiger charge is 2.09. The standard InChI is InChI=1S/C18H17N5O2/c1-12(22-23-18(25)13-6-8-15(20)9-7-13)10-17(24)21-16-5-3-2-4-14(16)11-19/h2-9H,10,20H2,1H3,(H,21,24)(H,23,25)/b22-12+. The van der Waals surface area contributed by atoms with Gasteiger partial charge in [-0.2, -0.15) is 10.4 Å². The number of benzene rings is 2. The monoisotopic (exact) mass is 335 g/mol. The van der Waals surface area contributed by atoms with Gasteiger partial charge in [0.1, 0.15) is 6.07 Å². The molecule has 126 valence electrons. The Morgan fingerprint density at radius 2 is 1.84 bits per heavy atom. The number of nitriles is 1. The molecule has 0 spiro atoms. The van der Waals surface area contributed by atoms with Crippen LogP contribution in [0.25, 0.3) is 0 Å². The molecule has 2 amide bonds. The van der Waals surface area contributed by atoms with Crippen LogP contribution in [0, 0.1) is 11.3 Å². The number of amides is 2. The average molecular weight is 335 g/mol. The summed E-state index contributed by atoms with van der Waals surface area (Å²) < 4.78 is 0. The summed E-state index contributed by atoms with van der Waals surface area (Å²) in [4.78, 5) is 23.9. The van der Waals surface area contributed by atoms with Gasteiger partial charge in [-0.1, -0.05) is 12.1 Å². The second-order valence-corrected chi connectivity index (χ2v) is 5.29. The molecular formula is C18H17N5O2. The molecule has 2 aromatic rings. The summed E-state index contributed by atoms with van der Waals surface area (Å²) >= 11 is 0. The largest absolute Gasteiger partial charge is 0.399 e. The molecule has 0 aliphatic rings. The van der Waals surface area contributed by atoms with E-state index in [1.54, 1.807) is 55.5 Å². The van der Waals surface area contributed by atoms with Crippen molar-refractivity contribution in [3.05, 3.63) is 59.7 Å². The highest BCUT2D eigenvalue weighted by Crippen LogP contribution is 2.13. The van der Waals surface area contributed by atoms with Crippen molar-refractivity contribution in [2.75, 3.05) is 11.1 Å². The van der Waals surface area contributed by atoms with Gasteiger partial charge in [-0.3, -0.25) is 9.59 Å². The van der Waals surface area contributed by atoms with Crippen LogP contribution < -0.4 is 16.5 Å². The molecule has 0 aliphatic carbocycles. The Bertz CT molecular complexity index is 851. The van der Waals surface area contributed by atoms with Crippen molar-refractivity contribution < 1.29 is 9.59 Å². The van der Waals surface area contributed by atoms with Crippen LogP contribution in [0.5, 0.6) is 0 Å². The second-order valence-electron chi connectivity index (χ2n) is 5.29. The molecular weight excluding hydrogens is 318 g/mol. The van der Waals surface area contributed by atoms with Crippen molar-refractivity contribution in [2.24, 2.45) is 5.10 Å². The van der Waals surface area contributed by atoms with Crippen LogP contribution in [0.15, 0.2) is 53.6 Å². The molecule has 0 bridgehead atoms. The Morgan fingerprint density at radius 1 is 1.16 bits per heavy atom. The maximum atomic E-state index is 12.0. The predicted molar refractivity (Wildman–Crippen MR) is 95.8 cm³/mol. The third kappa shape index (κ3) is 5.18. The molecule has 0 aliphatic heterocycles. The summed E-state index contributed by atoms with van der Waals surface area (Å²) in [5.41, 5.74) is 10.2. The molecule has 7 nitrogen and oxygen atoms in total. The van der Waals surface area contributed by atoms with E-state index in [0.717, 1.165) is 0 Å². The number of nitrogens with one attached hydrogen (secondary N) is 2. The van der Waals surface area contributed by atoms with Gasteiger partial charge in [0.05, 0.1) is 17.7 Å². The average Bonchev–Trinajstić information content (AvgIpc) is 2.60. The molecule has 25 heavy (non-hydrogen) atoms. The third-order valence-corrected chi connectivity index (χ3v) is 3.26. The van der Waals surface area contributed by atoms with Gasteiger partial charge >= 0.3 is 0 Å². The smallest absolute Gasteiger partial charge is 0.271 e. The van der Waals surface area contributed by atoms with Crippen molar-refractivity contribution >= 4 is 28.9 Å². The van der Waals surface area contributed by atoms with Crippen LogP contribution in [0.2, 0.25) is 0 Å². The topological polar surface area (TPSA) is 120 Å². The number of rotatable bonds is 5. The Labute approximate surface area is 145 Å². The minimum absolute atomic E-state index is 0.0121. The van der Waals surface area contributed by atoms with Crippen LogP contribution in [0.3, 0.4) is 0 Å². The minimum Gasteiger partial charge on any atom is -0.399 e. The van der Waals surface area contributed by atoms with Crippen molar-refractivity contribution in [3.8, 4) is 6.07 Å². The van der Waals surface area contributed by atoms with Crippen LogP contribution in [-0.4, -0.2) is 17.5 Å². The molecule has 0 radical (unpaired) electrons. The van der Waals surface area contributed by atoms with E-state index in [-0.39, 0.29) is 12.3 Å². The zero-order chi connectivity index (χ0) is 18.2. The van der Waals surface area contributed by atoms with Gasteiger partial charge in [0.2, 0.25) is 5.91 Å². The predicted octanol–water partition coefficient (Wildman–Crippen LogP) is 2.27. The van der Waals surface area contributed by atoms with E-state index in [0.29, 0.717) is 28.2 Å². The quantitative estimate of drug-likeness (QED) is 0.441. The van der Waals surface area contributed by atoms with E-state index < -0.39 is 5.91 Å². The maximum Gasteiger partial charge on any atom is 0.271 e. The number of nitrogens with two attached hydrogens (primary N) is 1. The molecule has 0 heterocycles. The summed E-state index contributed by atoms with van der Waals surface area (Å²) in [6.45, 7) is 1.62. The van der Waals surface area contributed by atoms with Crippen molar-refractivity contribution in [1.29, 1.82) is 5.26 Å². The molecule has 0 saturated carbocycles. The first kappa shape index (κ1) is 17.7. The molecule has 0 unspecified atom stereocenters. The lowest BCUT2D eigenvalue weighted by Gasteiger charge is -2.07. The zero-order valence-electron chi connectivity index (χ0n) is 13.6. The number of anilines is 2. The number of carbonyl (C=O) groups excluding carboxylic acids is 2. The summed E-state index contributed by atoms with van der Waals surface area (Å²) in [5, 5.41) is 15.6. The van der Waals surface area contributed by atoms with E-state index in [1.165, 1.54) is 0 Å². The van der Waals surface area contributed by atoms with E-state index in [1.807, 2.05) is 6.07 Å². The summed E-state index contributed by atoms with van der Waals surface area (Å²) in [7, 11) is 0. The Kier molecular flexibility index (Phi) is 5.85. The minimum atomic E-state index is -0.394. The van der Waals surface area contributed by atoms with E-state index in [2.05, 4.69) is 15.8 Å². The van der Waals surface area contributed by atoms with Gasteiger partial charge in [-0.05, 0) is 43.3 Å². The first-order chi connectivity index (χ1) is 12.0. The van der Waals surface area contributed by atoms with Crippen LogP contribution >= 0.6 is 0 Å². The molecule has 0 atom stereocenters. The number of para-hydroxylation sites is 1. The van der Waals surface area contributed by atoms with Crippen molar-refractivity contribution in [1.82, 2.24) is 5.43 Å². The summed E-state index contributed by atoms with van der Waals surface area (Å²) in [6.07, 6.45) is -0.0121. The molecule has 7 heteroatoms. The summed E-state index contributed by atoms with van der Waals surface area (Å²) in [6, 6.07) is 15.1. The van der Waals surface area contributed by atoms with Crippen LogP contribution in [0.4, 0.5) is 11.4 Å². The number of nitrogen functional groups attached to an aromatic ring is 1. The Balaban J connectivity index is 1.92. The molecule has 4 N–H and O–H groups in total. The SMILES string of the molecule is C/C(CC(=O)Nc1ccccc1C#N)=N\NC(=O)c1ccc(N)cc1. The van der Waals surface area contributed by atoms with E-state index in [9.17, 15) is 9.59 Å². The van der Waals surface area contributed by atoms with Gasteiger partial charge in [-0.15, -0.1) is 0 Å². The second kappa shape index (κ2) is 8.26. The number of carbonyl (C=O) groups is 2. The lowest BCUT2D eigenvalue weighted by atomic mass is 10.2. The van der Waals surface area contributed by atoms with Crippen molar-refractivity contribution in [3.63, 3.8) is 0 Å². The van der Waals surface area contributed by atoms with Gasteiger partial charge in [0, 0.05) is 17.0 Å². The first-order valence-corrected chi connectivity index (χ1v) is 7.47. The Hall–Kier alpha value is -3.66. The maximum absolute atomic E-state index is 12.0. The van der Waals surface area contributed by atoms with Crippen LogP contribution in [-0.2, 0) is 4.79 Å². The van der Waals surface area contributed by atoms with E-state index in [4.69, 9.17) is 11.0 Å². The fraction of sp³-hybridized carbons (Fsp3) is 0.111. The summed E-state index contributed by atoms with van der Waals surface area (Å²) in [5.74, 6) is -0.722. The van der Waals surface area contributed by atoms with Gasteiger partial charge in [-0.25, -0.2) is 5.43 Å². The first-order valence-electron chi connectivity index (χ1n) is 7.47.